The highest BCUT2D eigenvalue weighted by atomic mass is 16.7. The van der Waals surface area contributed by atoms with E-state index in [1.54, 1.807) is 0 Å². The molecule has 4 aliphatic heterocycles. The number of esters is 2. The average Bonchev–Trinajstić information content (AvgIpc) is 3.29. The first-order valence-corrected chi connectivity index (χ1v) is 9.65. The summed E-state index contributed by atoms with van der Waals surface area (Å²) in [5, 5.41) is 10.6. The molecular formula is C20H24O9. The van der Waals surface area contributed by atoms with Gasteiger partial charge in [0.15, 0.2) is 5.78 Å². The van der Waals surface area contributed by atoms with Gasteiger partial charge in [-0.05, 0) is 19.3 Å². The van der Waals surface area contributed by atoms with Crippen molar-refractivity contribution >= 4 is 23.5 Å². The van der Waals surface area contributed by atoms with Crippen molar-refractivity contribution in [1.82, 2.24) is 0 Å². The van der Waals surface area contributed by atoms with Crippen LogP contribution < -0.4 is 0 Å². The molecule has 0 radical (unpaired) electrons. The number of carbonyl (C=O) groups is 4. The molecule has 158 valence electrons. The maximum atomic E-state index is 12.7. The summed E-state index contributed by atoms with van der Waals surface area (Å²) in [7, 11) is 1.22. The Hall–Kier alpha value is -2.10. The first-order chi connectivity index (χ1) is 13.6. The molecule has 9 heteroatoms. The fraction of sp³-hybridized carbons (Fsp3) is 0.700. The second-order valence-corrected chi connectivity index (χ2v) is 8.63. The van der Waals surface area contributed by atoms with Gasteiger partial charge in [0.25, 0.3) is 0 Å². The molecule has 1 N–H and O–H groups in total. The molecule has 1 spiro atoms. The Morgan fingerprint density at radius 1 is 1.28 bits per heavy atom. The average molecular weight is 408 g/mol. The van der Waals surface area contributed by atoms with Crippen LogP contribution in [0.4, 0.5) is 0 Å². The minimum Gasteiger partial charge on any atom is -0.466 e. The summed E-state index contributed by atoms with van der Waals surface area (Å²) >= 11 is 0. The zero-order chi connectivity index (χ0) is 21.1. The second kappa shape index (κ2) is 6.72. The van der Waals surface area contributed by atoms with Crippen LogP contribution in [-0.2, 0) is 38.1 Å². The van der Waals surface area contributed by atoms with E-state index >= 15 is 0 Å². The lowest BCUT2D eigenvalue weighted by molar-refractivity contribution is -0.159. The van der Waals surface area contributed by atoms with Crippen LogP contribution in [0.15, 0.2) is 12.2 Å². The molecule has 0 amide bonds. The summed E-state index contributed by atoms with van der Waals surface area (Å²) < 4.78 is 21.9. The van der Waals surface area contributed by atoms with Gasteiger partial charge < -0.3 is 24.1 Å². The number of hydrogen-bond acceptors (Lipinski definition) is 9. The standard InChI is InChI=1S/C20H24O9/c1-9(17(23)26-3)10-4-11(21)6-13-12(22)7-19(2,25)8-14-16(27-13)20(18(24)28-14)15(5-10)29-20/h10,13-16,25H,1,4-8H2,2-3H3. The summed E-state index contributed by atoms with van der Waals surface area (Å²) in [4.78, 5) is 50.0. The van der Waals surface area contributed by atoms with Gasteiger partial charge in [-0.3, -0.25) is 9.59 Å². The van der Waals surface area contributed by atoms with Crippen molar-refractivity contribution < 1.29 is 43.2 Å². The van der Waals surface area contributed by atoms with Crippen molar-refractivity contribution in [2.24, 2.45) is 5.92 Å². The van der Waals surface area contributed by atoms with Gasteiger partial charge in [-0.2, -0.15) is 0 Å². The number of epoxide rings is 1. The lowest BCUT2D eigenvalue weighted by Gasteiger charge is -2.35. The van der Waals surface area contributed by atoms with E-state index in [4.69, 9.17) is 18.9 Å². The molecule has 0 aromatic carbocycles. The molecule has 9 nitrogen and oxygen atoms in total. The van der Waals surface area contributed by atoms with Crippen LogP contribution in [-0.4, -0.2) is 71.3 Å². The molecule has 0 aromatic heterocycles. The van der Waals surface area contributed by atoms with Gasteiger partial charge in [-0.25, -0.2) is 9.59 Å². The molecule has 4 saturated heterocycles. The monoisotopic (exact) mass is 408 g/mol. The Balaban J connectivity index is 1.71. The Bertz CT molecular complexity index is 800. The number of carbonyl (C=O) groups excluding carboxylic acids is 4. The van der Waals surface area contributed by atoms with E-state index < -0.39 is 59.3 Å². The van der Waals surface area contributed by atoms with Gasteiger partial charge in [0.2, 0.25) is 5.60 Å². The van der Waals surface area contributed by atoms with Crippen molar-refractivity contribution in [2.75, 3.05) is 7.11 Å². The van der Waals surface area contributed by atoms with Crippen LogP contribution in [0.2, 0.25) is 0 Å². The van der Waals surface area contributed by atoms with E-state index in [1.165, 1.54) is 14.0 Å². The van der Waals surface area contributed by atoms with Gasteiger partial charge in [0, 0.05) is 31.3 Å². The van der Waals surface area contributed by atoms with E-state index in [2.05, 4.69) is 6.58 Å². The normalized spacial score (nSPS) is 44.1. The van der Waals surface area contributed by atoms with Crippen molar-refractivity contribution in [3.63, 3.8) is 0 Å². The smallest absolute Gasteiger partial charge is 0.344 e. The summed E-state index contributed by atoms with van der Waals surface area (Å²) in [5.41, 5.74) is -2.68. The molecule has 0 aliphatic carbocycles. The van der Waals surface area contributed by atoms with E-state index in [0.717, 1.165) is 0 Å². The minimum absolute atomic E-state index is 0.0198. The van der Waals surface area contributed by atoms with E-state index in [-0.39, 0.29) is 43.5 Å². The molecule has 7 atom stereocenters. The number of hydrogen-bond donors (Lipinski definition) is 1. The number of rotatable bonds is 2. The van der Waals surface area contributed by atoms with E-state index in [9.17, 15) is 24.3 Å². The largest absolute Gasteiger partial charge is 0.466 e. The summed E-state index contributed by atoms with van der Waals surface area (Å²) in [5.74, 6) is -2.55. The highest BCUT2D eigenvalue weighted by Gasteiger charge is 2.76. The zero-order valence-corrected chi connectivity index (χ0v) is 16.3. The SMILES string of the molecule is C=C(C(=O)OC)C1CC(=O)CC2OC3C(CC(C)(O)CC2=O)OC(=O)C32OC2C1. The summed E-state index contributed by atoms with van der Waals surface area (Å²) in [6, 6.07) is 0. The second-order valence-electron chi connectivity index (χ2n) is 8.63. The Labute approximate surface area is 167 Å². The quantitative estimate of drug-likeness (QED) is 0.382. The van der Waals surface area contributed by atoms with Crippen LogP contribution >= 0.6 is 0 Å². The number of aliphatic hydroxyl groups is 1. The molecule has 4 fully saturated rings. The Kier molecular flexibility index (Phi) is 4.67. The van der Waals surface area contributed by atoms with Gasteiger partial charge in [-0.15, -0.1) is 0 Å². The third-order valence-corrected chi connectivity index (χ3v) is 6.29. The topological polar surface area (TPSA) is 129 Å². The highest BCUT2D eigenvalue weighted by molar-refractivity contribution is 5.93. The lowest BCUT2D eigenvalue weighted by Crippen LogP contribution is -2.50. The zero-order valence-electron chi connectivity index (χ0n) is 16.3. The molecule has 0 saturated carbocycles. The molecule has 0 aromatic rings. The maximum Gasteiger partial charge on any atom is 0.344 e. The van der Waals surface area contributed by atoms with Crippen molar-refractivity contribution in [3.8, 4) is 0 Å². The molecule has 7 unspecified atom stereocenters. The maximum absolute atomic E-state index is 12.7. The number of ether oxygens (including phenoxy) is 4. The van der Waals surface area contributed by atoms with Crippen molar-refractivity contribution in [1.29, 1.82) is 0 Å². The molecule has 4 heterocycles. The van der Waals surface area contributed by atoms with E-state index in [0.29, 0.717) is 0 Å². The molecular weight excluding hydrogens is 384 g/mol. The van der Waals surface area contributed by atoms with Crippen molar-refractivity contribution in [3.05, 3.63) is 12.2 Å². The third kappa shape index (κ3) is 3.31. The van der Waals surface area contributed by atoms with Crippen molar-refractivity contribution in [2.45, 2.75) is 74.6 Å². The third-order valence-electron chi connectivity index (χ3n) is 6.29. The summed E-state index contributed by atoms with van der Waals surface area (Å²) in [6.45, 7) is 5.25. The summed E-state index contributed by atoms with van der Waals surface area (Å²) in [6.07, 6.45) is -3.78. The van der Waals surface area contributed by atoms with E-state index in [1.807, 2.05) is 0 Å². The first-order valence-electron chi connectivity index (χ1n) is 9.65. The van der Waals surface area contributed by atoms with Gasteiger partial charge in [0.1, 0.15) is 30.2 Å². The fourth-order valence-electron chi connectivity index (χ4n) is 4.76. The van der Waals surface area contributed by atoms with Crippen LogP contribution in [0.25, 0.3) is 0 Å². The van der Waals surface area contributed by atoms with Crippen LogP contribution in [0.5, 0.6) is 0 Å². The number of Topliss-reactive ketones (excluding diaryl/α,β-unsaturated/α-hetero) is 2. The molecule has 29 heavy (non-hydrogen) atoms. The fourth-order valence-corrected chi connectivity index (χ4v) is 4.76. The van der Waals surface area contributed by atoms with Gasteiger partial charge >= 0.3 is 11.9 Å². The Morgan fingerprint density at radius 2 is 2.00 bits per heavy atom. The number of methoxy groups -OCH3 is 1. The van der Waals surface area contributed by atoms with Gasteiger partial charge in [-0.1, -0.05) is 6.58 Å². The highest BCUT2D eigenvalue weighted by Crippen LogP contribution is 2.54. The molecule has 4 aliphatic rings. The van der Waals surface area contributed by atoms with Crippen LogP contribution in [0.1, 0.15) is 39.0 Å². The predicted molar refractivity (Wildman–Crippen MR) is 94.5 cm³/mol. The minimum atomic E-state index is -1.40. The lowest BCUT2D eigenvalue weighted by atomic mass is 9.80. The number of ketones is 2. The van der Waals surface area contributed by atoms with Gasteiger partial charge in [0.05, 0.1) is 12.7 Å². The van der Waals surface area contributed by atoms with Crippen LogP contribution in [0.3, 0.4) is 0 Å². The Morgan fingerprint density at radius 3 is 2.69 bits per heavy atom. The first kappa shape index (κ1) is 20.2. The van der Waals surface area contributed by atoms with Crippen LogP contribution in [0, 0.1) is 5.92 Å². The molecule has 4 rings (SSSR count). The number of fused-ring (bicyclic) bond motifs is 1. The molecule has 2 bridgehead atoms. The predicted octanol–water partition coefficient (Wildman–Crippen LogP) is 0.0155.